The third-order valence-corrected chi connectivity index (χ3v) is 14.3. The van der Waals surface area contributed by atoms with Crippen LogP contribution in [0.3, 0.4) is 0 Å². The molecule has 1 heterocycles. The zero-order valence-corrected chi connectivity index (χ0v) is 35.7. The summed E-state index contributed by atoms with van der Waals surface area (Å²) < 4.78 is 6.70. The molecule has 0 aromatic heterocycles. The Bertz CT molecular complexity index is 3460. The van der Waals surface area contributed by atoms with Crippen LogP contribution in [0.15, 0.2) is 224 Å². The lowest BCUT2D eigenvalue weighted by atomic mass is 9.66. The van der Waals surface area contributed by atoms with Gasteiger partial charge >= 0.3 is 0 Å². The Morgan fingerprint density at radius 2 is 0.938 bits per heavy atom. The highest BCUT2D eigenvalue weighted by Gasteiger charge is 2.52. The lowest BCUT2D eigenvalue weighted by Crippen LogP contribution is -2.32. The minimum atomic E-state index is -0.575. The second-order valence-electron chi connectivity index (χ2n) is 17.9. The van der Waals surface area contributed by atoms with E-state index in [0.29, 0.717) is 0 Å². The van der Waals surface area contributed by atoms with Crippen molar-refractivity contribution in [2.75, 3.05) is 4.90 Å². The highest BCUT2D eigenvalue weighted by atomic mass is 16.5. The fraction of sp³-hybridized carbons (Fsp3) is 0.0645. The summed E-state index contributed by atoms with van der Waals surface area (Å²) in [6.45, 7) is 4.74. The first kappa shape index (κ1) is 36.7. The largest absolute Gasteiger partial charge is 0.457 e. The standard InChI is InChI=1S/C62H43NO/c1-61(2)50-23-10-8-21-47(50)48-38-36-44(39-55(48)61)63(43-34-31-41(32-35-43)46-37-33-40-17-6-7-20-45(40)59(46)42-18-4-3-5-19-42)56-28-16-27-54-60(56)49-22-9-11-24-51(49)62(54)52-25-12-14-29-57(52)64-58-30-15-13-26-53(58)62/h3-39H,1-2H3. The van der Waals surface area contributed by atoms with Crippen LogP contribution in [0.1, 0.15) is 47.2 Å². The summed E-state index contributed by atoms with van der Waals surface area (Å²) >= 11 is 0. The number of anilines is 3. The van der Waals surface area contributed by atoms with Gasteiger partial charge in [0.25, 0.3) is 0 Å². The van der Waals surface area contributed by atoms with E-state index in [1.165, 1.54) is 77.5 Å². The van der Waals surface area contributed by atoms with Crippen LogP contribution in [0.4, 0.5) is 17.1 Å². The van der Waals surface area contributed by atoms with Gasteiger partial charge in [0.1, 0.15) is 11.5 Å². The lowest BCUT2D eigenvalue weighted by molar-refractivity contribution is 0.436. The Labute approximate surface area is 374 Å². The number of fused-ring (bicyclic) bond motifs is 13. The smallest absolute Gasteiger partial charge is 0.132 e. The fourth-order valence-corrected chi connectivity index (χ4v) is 11.5. The molecule has 0 N–H and O–H groups in total. The molecule has 13 rings (SSSR count). The minimum absolute atomic E-state index is 0.161. The number of para-hydroxylation sites is 2. The van der Waals surface area contributed by atoms with Gasteiger partial charge in [0.15, 0.2) is 0 Å². The van der Waals surface area contributed by atoms with Crippen LogP contribution in [0.5, 0.6) is 11.5 Å². The second kappa shape index (κ2) is 13.8. The number of hydrogen-bond acceptors (Lipinski definition) is 2. The molecule has 10 aromatic rings. The molecule has 2 aliphatic carbocycles. The molecular formula is C62H43NO. The van der Waals surface area contributed by atoms with Crippen molar-refractivity contribution < 1.29 is 4.74 Å². The molecule has 0 fully saturated rings. The predicted octanol–water partition coefficient (Wildman–Crippen LogP) is 16.4. The van der Waals surface area contributed by atoms with E-state index in [1.807, 2.05) is 0 Å². The maximum absolute atomic E-state index is 6.70. The van der Waals surface area contributed by atoms with Crippen LogP contribution in [0, 0.1) is 0 Å². The highest BCUT2D eigenvalue weighted by molar-refractivity contribution is 6.05. The van der Waals surface area contributed by atoms with E-state index in [2.05, 4.69) is 243 Å². The zero-order chi connectivity index (χ0) is 42.6. The lowest BCUT2D eigenvalue weighted by Gasteiger charge is -2.39. The van der Waals surface area contributed by atoms with Crippen molar-refractivity contribution >= 4 is 27.8 Å². The van der Waals surface area contributed by atoms with Crippen molar-refractivity contribution in [1.82, 2.24) is 0 Å². The van der Waals surface area contributed by atoms with Gasteiger partial charge in [0.2, 0.25) is 0 Å². The molecule has 10 aromatic carbocycles. The average molecular weight is 818 g/mol. The van der Waals surface area contributed by atoms with Crippen LogP contribution in [0.25, 0.3) is 55.3 Å². The van der Waals surface area contributed by atoms with Crippen molar-refractivity contribution in [3.63, 3.8) is 0 Å². The van der Waals surface area contributed by atoms with Gasteiger partial charge in [-0.2, -0.15) is 0 Å². The van der Waals surface area contributed by atoms with E-state index >= 15 is 0 Å². The number of hydrogen-bond donors (Lipinski definition) is 0. The van der Waals surface area contributed by atoms with Crippen LogP contribution in [0.2, 0.25) is 0 Å². The second-order valence-corrected chi connectivity index (χ2v) is 17.9. The van der Waals surface area contributed by atoms with Crippen molar-refractivity contribution in [3.8, 4) is 56.0 Å². The van der Waals surface area contributed by atoms with Gasteiger partial charge in [-0.05, 0) is 114 Å². The molecule has 2 nitrogen and oxygen atoms in total. The summed E-state index contributed by atoms with van der Waals surface area (Å²) in [7, 11) is 0. The van der Waals surface area contributed by atoms with Crippen LogP contribution < -0.4 is 9.64 Å². The van der Waals surface area contributed by atoms with Crippen molar-refractivity contribution in [3.05, 3.63) is 258 Å². The first-order chi connectivity index (χ1) is 31.5. The molecule has 64 heavy (non-hydrogen) atoms. The van der Waals surface area contributed by atoms with E-state index < -0.39 is 5.41 Å². The Morgan fingerprint density at radius 1 is 0.359 bits per heavy atom. The Balaban J connectivity index is 1.06. The molecule has 0 saturated carbocycles. The first-order valence-electron chi connectivity index (χ1n) is 22.3. The van der Waals surface area contributed by atoms with Gasteiger partial charge in [-0.25, -0.2) is 0 Å². The minimum Gasteiger partial charge on any atom is -0.457 e. The number of benzene rings is 10. The van der Waals surface area contributed by atoms with Crippen molar-refractivity contribution in [1.29, 1.82) is 0 Å². The molecule has 1 aliphatic heterocycles. The quantitative estimate of drug-likeness (QED) is 0.172. The fourth-order valence-electron chi connectivity index (χ4n) is 11.5. The molecule has 0 radical (unpaired) electrons. The third kappa shape index (κ3) is 5.08. The van der Waals surface area contributed by atoms with Gasteiger partial charge in [-0.1, -0.05) is 196 Å². The van der Waals surface area contributed by atoms with Crippen LogP contribution >= 0.6 is 0 Å². The van der Waals surface area contributed by atoms with E-state index in [4.69, 9.17) is 4.74 Å². The molecule has 2 heteroatoms. The predicted molar refractivity (Wildman–Crippen MR) is 264 cm³/mol. The van der Waals surface area contributed by atoms with E-state index in [9.17, 15) is 0 Å². The summed E-state index contributed by atoms with van der Waals surface area (Å²) in [6, 6.07) is 82.6. The summed E-state index contributed by atoms with van der Waals surface area (Å²) in [5, 5.41) is 2.49. The van der Waals surface area contributed by atoms with Gasteiger partial charge in [-0.15, -0.1) is 0 Å². The van der Waals surface area contributed by atoms with E-state index in [0.717, 1.165) is 39.7 Å². The summed E-state index contributed by atoms with van der Waals surface area (Å²) in [6.07, 6.45) is 0. The van der Waals surface area contributed by atoms with Gasteiger partial charge in [0.05, 0.1) is 11.1 Å². The topological polar surface area (TPSA) is 12.5 Å². The maximum atomic E-state index is 6.70. The normalized spacial score (nSPS) is 14.2. The molecule has 0 bridgehead atoms. The number of rotatable bonds is 5. The summed E-state index contributed by atoms with van der Waals surface area (Å²) in [5.74, 6) is 1.79. The van der Waals surface area contributed by atoms with Crippen molar-refractivity contribution in [2.45, 2.75) is 24.7 Å². The van der Waals surface area contributed by atoms with Crippen LogP contribution in [-0.2, 0) is 10.8 Å². The average Bonchev–Trinajstić information content (AvgIpc) is 3.77. The summed E-state index contributed by atoms with van der Waals surface area (Å²) in [4.78, 5) is 2.51. The first-order valence-corrected chi connectivity index (χ1v) is 22.3. The molecule has 302 valence electrons. The molecule has 0 atom stereocenters. The van der Waals surface area contributed by atoms with Crippen LogP contribution in [-0.4, -0.2) is 0 Å². The maximum Gasteiger partial charge on any atom is 0.132 e. The summed E-state index contributed by atoms with van der Waals surface area (Å²) in [5.41, 5.74) is 20.1. The van der Waals surface area contributed by atoms with Gasteiger partial charge < -0.3 is 9.64 Å². The molecule has 1 spiro atoms. The highest BCUT2D eigenvalue weighted by Crippen LogP contribution is 2.64. The van der Waals surface area contributed by atoms with Gasteiger partial charge in [-0.3, -0.25) is 0 Å². The van der Waals surface area contributed by atoms with E-state index in [-0.39, 0.29) is 5.41 Å². The number of nitrogens with zero attached hydrogens (tertiary/aromatic N) is 1. The Hall–Kier alpha value is -7.94. The third-order valence-electron chi connectivity index (χ3n) is 14.3. The SMILES string of the molecule is CC1(C)c2ccccc2-c2ccc(N(c3ccc(-c4ccc5ccccc5c4-c4ccccc4)cc3)c3cccc4c3-c3ccccc3C43c4ccccc4Oc4ccccc43)cc21. The van der Waals surface area contributed by atoms with Gasteiger partial charge in [0, 0.05) is 33.5 Å². The molecular weight excluding hydrogens is 775 g/mol. The molecule has 3 aliphatic rings. The molecule has 0 unspecified atom stereocenters. The Morgan fingerprint density at radius 3 is 1.70 bits per heavy atom. The molecule has 0 saturated heterocycles. The monoisotopic (exact) mass is 817 g/mol. The zero-order valence-electron chi connectivity index (χ0n) is 35.7. The van der Waals surface area contributed by atoms with E-state index in [1.54, 1.807) is 0 Å². The number of ether oxygens (including phenoxy) is 1. The Kier molecular flexibility index (Phi) is 7.90. The van der Waals surface area contributed by atoms with Crippen molar-refractivity contribution in [2.24, 2.45) is 0 Å². The molecule has 0 amide bonds.